The molecule has 0 saturated carbocycles. The summed E-state index contributed by atoms with van der Waals surface area (Å²) in [4.78, 5) is 0. The van der Waals surface area contributed by atoms with Crippen molar-refractivity contribution in [1.82, 2.24) is 5.32 Å². The van der Waals surface area contributed by atoms with Gasteiger partial charge in [-0.3, -0.25) is 0 Å². The first-order chi connectivity index (χ1) is 4.43. The van der Waals surface area contributed by atoms with Crippen molar-refractivity contribution < 1.29 is 4.74 Å². The second kappa shape index (κ2) is 3.85. The van der Waals surface area contributed by atoms with Crippen LogP contribution in [0.4, 0.5) is 0 Å². The molecule has 0 amide bonds. The van der Waals surface area contributed by atoms with Gasteiger partial charge in [-0.05, 0) is 6.42 Å². The summed E-state index contributed by atoms with van der Waals surface area (Å²) in [5.74, 6) is 0. The molecule has 0 bridgehead atoms. The van der Waals surface area contributed by atoms with Gasteiger partial charge in [0.25, 0.3) is 0 Å². The van der Waals surface area contributed by atoms with Crippen molar-refractivity contribution in [2.24, 2.45) is 0 Å². The van der Waals surface area contributed by atoms with E-state index in [0.717, 1.165) is 19.7 Å². The molecule has 0 aromatic heterocycles. The van der Waals surface area contributed by atoms with E-state index in [4.69, 9.17) is 4.74 Å². The van der Waals surface area contributed by atoms with Crippen LogP contribution in [0.3, 0.4) is 0 Å². The van der Waals surface area contributed by atoms with Crippen LogP contribution < -0.4 is 5.32 Å². The van der Waals surface area contributed by atoms with E-state index in [1.54, 1.807) is 0 Å². The molecule has 1 aliphatic heterocycles. The molecule has 1 fully saturated rings. The van der Waals surface area contributed by atoms with Crippen molar-refractivity contribution in [2.75, 3.05) is 19.7 Å². The molecule has 1 saturated heterocycles. The van der Waals surface area contributed by atoms with Gasteiger partial charge in [0.05, 0.1) is 6.10 Å². The van der Waals surface area contributed by atoms with E-state index in [1.165, 1.54) is 12.8 Å². The highest BCUT2D eigenvalue weighted by atomic mass is 16.5. The average Bonchev–Trinajstić information content (AvgIpc) is 1.76. The van der Waals surface area contributed by atoms with Gasteiger partial charge in [0.2, 0.25) is 0 Å². The van der Waals surface area contributed by atoms with Crippen LogP contribution >= 0.6 is 0 Å². The van der Waals surface area contributed by atoms with Gasteiger partial charge in [-0.25, -0.2) is 0 Å². The zero-order valence-corrected chi connectivity index (χ0v) is 6.02. The zero-order valence-electron chi connectivity index (χ0n) is 6.02. The van der Waals surface area contributed by atoms with Gasteiger partial charge in [-0.1, -0.05) is 13.3 Å². The highest BCUT2D eigenvalue weighted by Crippen LogP contribution is 1.99. The van der Waals surface area contributed by atoms with Crippen LogP contribution in [0.25, 0.3) is 0 Å². The van der Waals surface area contributed by atoms with Crippen molar-refractivity contribution in [3.63, 3.8) is 0 Å². The lowest BCUT2D eigenvalue weighted by atomic mass is 10.2. The minimum absolute atomic E-state index is 0.525. The van der Waals surface area contributed by atoms with Crippen molar-refractivity contribution in [2.45, 2.75) is 25.9 Å². The van der Waals surface area contributed by atoms with Gasteiger partial charge in [0.15, 0.2) is 0 Å². The Morgan fingerprint density at radius 1 is 1.56 bits per heavy atom. The molecule has 2 nitrogen and oxygen atoms in total. The van der Waals surface area contributed by atoms with Crippen LogP contribution in [0, 0.1) is 0 Å². The maximum absolute atomic E-state index is 5.46. The Bertz CT molecular complexity index is 71.3. The van der Waals surface area contributed by atoms with E-state index < -0.39 is 0 Å². The minimum Gasteiger partial charge on any atom is -0.376 e. The Labute approximate surface area is 56.6 Å². The molecule has 1 N–H and O–H groups in total. The Balaban J connectivity index is 1.80. The second-order valence-electron chi connectivity index (χ2n) is 2.50. The predicted octanol–water partition coefficient (Wildman–Crippen LogP) is 0.775. The molecular formula is C7H15NO. The van der Waals surface area contributed by atoms with Crippen LogP contribution in [-0.4, -0.2) is 25.8 Å². The highest BCUT2D eigenvalue weighted by molar-refractivity contribution is 4.74. The topological polar surface area (TPSA) is 21.3 Å². The monoisotopic (exact) mass is 129 g/mol. The SMILES string of the molecule is CCCCOC1CNC1. The molecule has 54 valence electrons. The summed E-state index contributed by atoms with van der Waals surface area (Å²) in [6.07, 6.45) is 2.97. The molecule has 1 aliphatic rings. The molecule has 0 aromatic rings. The number of unbranched alkanes of at least 4 members (excludes halogenated alkanes) is 1. The summed E-state index contributed by atoms with van der Waals surface area (Å²) in [5, 5.41) is 3.16. The predicted molar refractivity (Wildman–Crippen MR) is 37.5 cm³/mol. The molecule has 0 aromatic carbocycles. The van der Waals surface area contributed by atoms with Gasteiger partial charge in [-0.2, -0.15) is 0 Å². The third-order valence-electron chi connectivity index (χ3n) is 1.60. The summed E-state index contributed by atoms with van der Waals surface area (Å²) >= 11 is 0. The Kier molecular flexibility index (Phi) is 3.01. The zero-order chi connectivity index (χ0) is 6.53. The first-order valence-corrected chi connectivity index (χ1v) is 3.76. The molecule has 0 radical (unpaired) electrons. The molecular weight excluding hydrogens is 114 g/mol. The van der Waals surface area contributed by atoms with E-state index in [-0.39, 0.29) is 0 Å². The van der Waals surface area contributed by atoms with Crippen LogP contribution in [0.5, 0.6) is 0 Å². The normalized spacial score (nSPS) is 19.7. The number of hydrogen-bond donors (Lipinski definition) is 1. The fraction of sp³-hybridized carbons (Fsp3) is 1.00. The summed E-state index contributed by atoms with van der Waals surface area (Å²) < 4.78 is 5.46. The molecule has 2 heteroatoms. The highest BCUT2D eigenvalue weighted by Gasteiger charge is 2.15. The Hall–Kier alpha value is -0.0800. The molecule has 1 heterocycles. The van der Waals surface area contributed by atoms with Crippen LogP contribution in [0.2, 0.25) is 0 Å². The first kappa shape index (κ1) is 7.03. The standard InChI is InChI=1S/C7H15NO/c1-2-3-4-9-7-5-8-6-7/h7-8H,2-6H2,1H3. The van der Waals surface area contributed by atoms with Crippen LogP contribution in [0.15, 0.2) is 0 Å². The van der Waals surface area contributed by atoms with Gasteiger partial charge >= 0.3 is 0 Å². The van der Waals surface area contributed by atoms with Gasteiger partial charge in [0.1, 0.15) is 0 Å². The van der Waals surface area contributed by atoms with Crippen molar-refractivity contribution in [3.05, 3.63) is 0 Å². The van der Waals surface area contributed by atoms with E-state index in [0.29, 0.717) is 6.10 Å². The second-order valence-corrected chi connectivity index (χ2v) is 2.50. The molecule has 0 aliphatic carbocycles. The summed E-state index contributed by atoms with van der Waals surface area (Å²) in [6.45, 7) is 5.25. The number of ether oxygens (including phenoxy) is 1. The van der Waals surface area contributed by atoms with Gasteiger partial charge in [0, 0.05) is 19.7 Å². The van der Waals surface area contributed by atoms with E-state index in [2.05, 4.69) is 12.2 Å². The van der Waals surface area contributed by atoms with E-state index in [1.807, 2.05) is 0 Å². The van der Waals surface area contributed by atoms with Crippen LogP contribution in [0.1, 0.15) is 19.8 Å². The van der Waals surface area contributed by atoms with E-state index in [9.17, 15) is 0 Å². The number of nitrogens with one attached hydrogen (secondary N) is 1. The summed E-state index contributed by atoms with van der Waals surface area (Å²) in [7, 11) is 0. The number of hydrogen-bond acceptors (Lipinski definition) is 2. The molecule has 0 atom stereocenters. The lowest BCUT2D eigenvalue weighted by Gasteiger charge is -2.26. The molecule has 1 rings (SSSR count). The average molecular weight is 129 g/mol. The van der Waals surface area contributed by atoms with Crippen molar-refractivity contribution in [1.29, 1.82) is 0 Å². The molecule has 0 spiro atoms. The van der Waals surface area contributed by atoms with Crippen LogP contribution in [-0.2, 0) is 4.74 Å². The Morgan fingerprint density at radius 3 is 2.78 bits per heavy atom. The van der Waals surface area contributed by atoms with Gasteiger partial charge in [-0.15, -0.1) is 0 Å². The fourth-order valence-electron chi connectivity index (χ4n) is 0.774. The third kappa shape index (κ3) is 2.33. The third-order valence-corrected chi connectivity index (χ3v) is 1.60. The van der Waals surface area contributed by atoms with E-state index >= 15 is 0 Å². The fourth-order valence-corrected chi connectivity index (χ4v) is 0.774. The lowest BCUT2D eigenvalue weighted by Crippen LogP contribution is -2.48. The van der Waals surface area contributed by atoms with Gasteiger partial charge < -0.3 is 10.1 Å². The largest absolute Gasteiger partial charge is 0.376 e. The van der Waals surface area contributed by atoms with Crippen molar-refractivity contribution >= 4 is 0 Å². The smallest absolute Gasteiger partial charge is 0.0823 e. The number of rotatable bonds is 4. The maximum atomic E-state index is 5.46. The minimum atomic E-state index is 0.525. The van der Waals surface area contributed by atoms with Crippen molar-refractivity contribution in [3.8, 4) is 0 Å². The maximum Gasteiger partial charge on any atom is 0.0823 e. The lowest BCUT2D eigenvalue weighted by molar-refractivity contribution is 0.0176. The first-order valence-electron chi connectivity index (χ1n) is 3.76. The summed E-state index contributed by atoms with van der Waals surface area (Å²) in [5.41, 5.74) is 0. The quantitative estimate of drug-likeness (QED) is 0.566. The molecule has 9 heavy (non-hydrogen) atoms. The Morgan fingerprint density at radius 2 is 2.33 bits per heavy atom. The molecule has 0 unspecified atom stereocenters. The summed E-state index contributed by atoms with van der Waals surface area (Å²) in [6, 6.07) is 0.